The van der Waals surface area contributed by atoms with Crippen molar-refractivity contribution in [3.63, 3.8) is 0 Å². The summed E-state index contributed by atoms with van der Waals surface area (Å²) < 4.78 is 0. The Morgan fingerprint density at radius 1 is 0.700 bits per heavy atom. The molecule has 0 fully saturated rings. The van der Waals surface area contributed by atoms with Crippen LogP contribution in [-0.2, 0) is 0 Å². The van der Waals surface area contributed by atoms with Crippen LogP contribution in [0.15, 0.2) is 36.4 Å². The minimum atomic E-state index is 1.41. The molecule has 0 N–H and O–H groups in total. The summed E-state index contributed by atoms with van der Waals surface area (Å²) in [6.45, 7) is 0. The van der Waals surface area contributed by atoms with Gasteiger partial charge in [-0.3, -0.25) is 0 Å². The van der Waals surface area contributed by atoms with Gasteiger partial charge in [0.05, 0.1) is 0 Å². The average Bonchev–Trinajstić information content (AvgIpc) is 2.36. The molecule has 4 rings (SSSR count). The van der Waals surface area contributed by atoms with Gasteiger partial charge in [-0.25, -0.2) is 0 Å². The van der Waals surface area contributed by atoms with Crippen molar-refractivity contribution in [3.8, 4) is 0 Å². The molecule has 2 bridgehead atoms. The van der Waals surface area contributed by atoms with E-state index in [9.17, 15) is 0 Å². The summed E-state index contributed by atoms with van der Waals surface area (Å²) in [5, 5.41) is 0. The Morgan fingerprint density at radius 2 is 1.20 bits per heavy atom. The summed E-state index contributed by atoms with van der Waals surface area (Å²) >= 11 is 0. The standard InChI is InChI=1S/C10H6/c1-2-4-10-8-5-7(6-8)9(10)3-1/h1-6H. The van der Waals surface area contributed by atoms with Crippen molar-refractivity contribution in [1.29, 1.82) is 0 Å². The van der Waals surface area contributed by atoms with Crippen LogP contribution in [0, 0.1) is 0 Å². The van der Waals surface area contributed by atoms with Crippen molar-refractivity contribution < 1.29 is 0 Å². The Morgan fingerprint density at radius 3 is 1.70 bits per heavy atom. The maximum Gasteiger partial charge on any atom is -0.0105 e. The smallest absolute Gasteiger partial charge is 0.0105 e. The van der Waals surface area contributed by atoms with E-state index in [1.54, 1.807) is 0 Å². The summed E-state index contributed by atoms with van der Waals surface area (Å²) in [4.78, 5) is 0. The van der Waals surface area contributed by atoms with Crippen LogP contribution in [0.3, 0.4) is 0 Å². The van der Waals surface area contributed by atoms with Crippen LogP contribution in [-0.4, -0.2) is 0 Å². The van der Waals surface area contributed by atoms with Crippen molar-refractivity contribution in [2.75, 3.05) is 0 Å². The topological polar surface area (TPSA) is 0 Å². The predicted octanol–water partition coefficient (Wildman–Crippen LogP) is 2.48. The monoisotopic (exact) mass is 126 g/mol. The molecular formula is C10H6. The van der Waals surface area contributed by atoms with Crippen LogP contribution in [0.4, 0.5) is 0 Å². The van der Waals surface area contributed by atoms with Crippen LogP contribution in [0.25, 0.3) is 11.1 Å². The highest BCUT2D eigenvalue weighted by Crippen LogP contribution is 2.44. The molecule has 0 saturated heterocycles. The second-order valence-electron chi connectivity index (χ2n) is 2.74. The Bertz CT molecular complexity index is 325. The van der Waals surface area contributed by atoms with E-state index in [0.717, 1.165) is 0 Å². The zero-order chi connectivity index (χ0) is 6.55. The number of allylic oxidation sites excluding steroid dienone is 4. The molecule has 0 aliphatic heterocycles. The maximum atomic E-state index is 2.24. The highest BCUT2D eigenvalue weighted by atomic mass is 14.3. The van der Waals surface area contributed by atoms with E-state index < -0.39 is 0 Å². The third kappa shape index (κ3) is 0.330. The zero-order valence-corrected chi connectivity index (χ0v) is 5.46. The number of rotatable bonds is 0. The summed E-state index contributed by atoms with van der Waals surface area (Å²) in [5.41, 5.74) is 5.64. The van der Waals surface area contributed by atoms with Crippen molar-refractivity contribution in [2.45, 2.75) is 0 Å². The highest BCUT2D eigenvalue weighted by Gasteiger charge is 2.23. The summed E-state index contributed by atoms with van der Waals surface area (Å²) in [7, 11) is 0. The Balaban J connectivity index is 2.42. The van der Waals surface area contributed by atoms with Crippen LogP contribution < -0.4 is 0 Å². The van der Waals surface area contributed by atoms with Crippen LogP contribution >= 0.6 is 0 Å². The largest absolute Gasteiger partial charge is 0.0616 e. The molecule has 0 spiro atoms. The number of benzene rings is 1. The molecule has 1 aromatic carbocycles. The van der Waals surface area contributed by atoms with Gasteiger partial charge < -0.3 is 0 Å². The van der Waals surface area contributed by atoms with E-state index in [1.165, 1.54) is 22.3 Å². The maximum absolute atomic E-state index is 2.24. The van der Waals surface area contributed by atoms with Crippen molar-refractivity contribution in [2.24, 2.45) is 0 Å². The quantitative estimate of drug-likeness (QED) is 0.501. The first-order valence-electron chi connectivity index (χ1n) is 3.48. The van der Waals surface area contributed by atoms with Gasteiger partial charge in [0.25, 0.3) is 0 Å². The molecule has 0 nitrogen and oxygen atoms in total. The van der Waals surface area contributed by atoms with E-state index in [0.29, 0.717) is 0 Å². The number of hydrogen-bond donors (Lipinski definition) is 0. The minimum Gasteiger partial charge on any atom is -0.0616 e. The third-order valence-corrected chi connectivity index (χ3v) is 2.17. The van der Waals surface area contributed by atoms with E-state index >= 15 is 0 Å². The fourth-order valence-electron chi connectivity index (χ4n) is 1.62. The number of hydrogen-bond acceptors (Lipinski definition) is 0. The first kappa shape index (κ1) is 4.51. The zero-order valence-electron chi connectivity index (χ0n) is 5.46. The molecule has 10 heavy (non-hydrogen) atoms. The molecule has 0 radical (unpaired) electrons. The van der Waals surface area contributed by atoms with E-state index in [1.807, 2.05) is 0 Å². The third-order valence-electron chi connectivity index (χ3n) is 2.17. The molecule has 0 aromatic heterocycles. The van der Waals surface area contributed by atoms with Gasteiger partial charge in [0, 0.05) is 0 Å². The first-order valence-corrected chi connectivity index (χ1v) is 3.48. The summed E-state index contributed by atoms with van der Waals surface area (Å²) in [5.74, 6) is 0. The second kappa shape index (κ2) is 1.24. The van der Waals surface area contributed by atoms with Crippen LogP contribution in [0.2, 0.25) is 0 Å². The van der Waals surface area contributed by atoms with Gasteiger partial charge >= 0.3 is 0 Å². The normalized spacial score (nSPS) is 17.2. The second-order valence-corrected chi connectivity index (χ2v) is 2.74. The van der Waals surface area contributed by atoms with Crippen molar-refractivity contribution >= 4 is 11.1 Å². The van der Waals surface area contributed by atoms with Gasteiger partial charge in [-0.05, 0) is 34.4 Å². The lowest BCUT2D eigenvalue weighted by Crippen LogP contribution is -1.72. The Labute approximate surface area is 59.5 Å². The molecule has 0 amide bonds. The van der Waals surface area contributed by atoms with E-state index in [-0.39, 0.29) is 0 Å². The Hall–Kier alpha value is -1.30. The fourth-order valence-corrected chi connectivity index (χ4v) is 1.62. The van der Waals surface area contributed by atoms with Crippen LogP contribution in [0.5, 0.6) is 0 Å². The summed E-state index contributed by atoms with van der Waals surface area (Å²) in [6, 6.07) is 8.54. The van der Waals surface area contributed by atoms with Gasteiger partial charge in [0.1, 0.15) is 0 Å². The molecule has 0 heteroatoms. The van der Waals surface area contributed by atoms with Gasteiger partial charge in [0.15, 0.2) is 0 Å². The fraction of sp³-hybridized carbons (Fsp3) is 0. The van der Waals surface area contributed by atoms with E-state index in [2.05, 4.69) is 36.4 Å². The molecule has 3 aliphatic carbocycles. The van der Waals surface area contributed by atoms with Gasteiger partial charge in [0.2, 0.25) is 0 Å². The van der Waals surface area contributed by atoms with Crippen molar-refractivity contribution in [3.05, 3.63) is 47.5 Å². The lowest BCUT2D eigenvalue weighted by atomic mass is 10.1. The first-order chi connectivity index (χ1) is 4.95. The molecule has 3 aliphatic rings. The molecule has 0 saturated carbocycles. The lowest BCUT2D eigenvalue weighted by Gasteiger charge is -1.96. The SMILES string of the molecule is C1=C2C=C1c1ccccc12. The van der Waals surface area contributed by atoms with E-state index in [4.69, 9.17) is 0 Å². The Kier molecular flexibility index (Phi) is 0.558. The molecule has 0 atom stereocenters. The van der Waals surface area contributed by atoms with Gasteiger partial charge in [-0.1, -0.05) is 24.3 Å². The van der Waals surface area contributed by atoms with Gasteiger partial charge in [-0.15, -0.1) is 0 Å². The summed E-state index contributed by atoms with van der Waals surface area (Å²) in [6.07, 6.45) is 4.48. The molecule has 0 unspecified atom stereocenters. The predicted molar refractivity (Wildman–Crippen MR) is 42.4 cm³/mol. The molecule has 1 aromatic rings. The average molecular weight is 126 g/mol. The molecule has 0 heterocycles. The lowest BCUT2D eigenvalue weighted by molar-refractivity contribution is 1.63. The molecule has 46 valence electrons. The van der Waals surface area contributed by atoms with Crippen LogP contribution in [0.1, 0.15) is 11.1 Å². The highest BCUT2D eigenvalue weighted by molar-refractivity contribution is 6.10. The van der Waals surface area contributed by atoms with Crippen molar-refractivity contribution in [1.82, 2.24) is 0 Å². The van der Waals surface area contributed by atoms with Gasteiger partial charge in [-0.2, -0.15) is 0 Å². The minimum absolute atomic E-state index is 1.41. The molecular weight excluding hydrogens is 120 g/mol.